The fourth-order valence-corrected chi connectivity index (χ4v) is 5.58. The molecule has 0 amide bonds. The number of hydrogen-bond donors (Lipinski definition) is 1. The molecule has 2 bridgehead atoms. The molecule has 0 heterocycles. The van der Waals surface area contributed by atoms with E-state index in [0.717, 1.165) is 24.1 Å². The van der Waals surface area contributed by atoms with Crippen LogP contribution in [0, 0.1) is 17.8 Å². The third kappa shape index (κ3) is 4.17. The fraction of sp³-hybridized carbons (Fsp3) is 0.500. The number of nitrogens with zero attached hydrogens (tertiary/aromatic N) is 1. The first-order valence-corrected chi connectivity index (χ1v) is 11.1. The van der Waals surface area contributed by atoms with Crippen LogP contribution in [0.4, 0.5) is 0 Å². The molecule has 4 rings (SSSR count). The molecule has 2 aliphatic rings. The van der Waals surface area contributed by atoms with Crippen LogP contribution in [0.25, 0.3) is 0 Å². The first-order valence-electron chi connectivity index (χ1n) is 11.1. The van der Waals surface area contributed by atoms with E-state index >= 15 is 0 Å². The first kappa shape index (κ1) is 21.1. The standard InChI is InChI=1S/C26H33NO3/c1-18(20-8-5-4-6-9-20)25(28)30-23-11-7-10-22(15-23)26(29)16-19-12-13-21(14-19)24(26)17-27(2)3/h4-11,15,18-19,21,24,29H,12-14,16-17H2,1-3H3/t18-,19+,21+,24-,26-/m0/s1. The number of fused-ring (bicyclic) bond motifs is 2. The van der Waals surface area contributed by atoms with Gasteiger partial charge in [0.2, 0.25) is 0 Å². The molecule has 0 aliphatic heterocycles. The molecule has 2 aromatic rings. The van der Waals surface area contributed by atoms with Gasteiger partial charge in [0.15, 0.2) is 0 Å². The Bertz CT molecular complexity index is 881. The second-order valence-corrected chi connectivity index (χ2v) is 9.52. The summed E-state index contributed by atoms with van der Waals surface area (Å²) in [5.74, 6) is 1.22. The summed E-state index contributed by atoms with van der Waals surface area (Å²) in [6.45, 7) is 2.73. The van der Waals surface area contributed by atoms with E-state index in [9.17, 15) is 9.90 Å². The molecular formula is C26H33NO3. The molecular weight excluding hydrogens is 374 g/mol. The van der Waals surface area contributed by atoms with Gasteiger partial charge in [-0.15, -0.1) is 0 Å². The van der Waals surface area contributed by atoms with E-state index in [4.69, 9.17) is 4.74 Å². The molecule has 0 unspecified atom stereocenters. The highest BCUT2D eigenvalue weighted by molar-refractivity contribution is 5.79. The van der Waals surface area contributed by atoms with Gasteiger partial charge in [-0.3, -0.25) is 4.79 Å². The lowest BCUT2D eigenvalue weighted by Gasteiger charge is -2.45. The molecule has 2 aliphatic carbocycles. The van der Waals surface area contributed by atoms with Crippen molar-refractivity contribution in [3.05, 3.63) is 65.7 Å². The number of carbonyl (C=O) groups is 1. The zero-order valence-corrected chi connectivity index (χ0v) is 18.3. The van der Waals surface area contributed by atoms with Crippen LogP contribution in [0.2, 0.25) is 0 Å². The summed E-state index contributed by atoms with van der Waals surface area (Å²) in [7, 11) is 4.15. The lowest BCUT2D eigenvalue weighted by Crippen LogP contribution is -2.47. The van der Waals surface area contributed by atoms with Crippen LogP contribution < -0.4 is 4.74 Å². The maximum atomic E-state index is 12.7. The summed E-state index contributed by atoms with van der Waals surface area (Å²) < 4.78 is 5.73. The minimum absolute atomic E-state index is 0.195. The van der Waals surface area contributed by atoms with Gasteiger partial charge in [0.25, 0.3) is 0 Å². The van der Waals surface area contributed by atoms with E-state index in [2.05, 4.69) is 19.0 Å². The summed E-state index contributed by atoms with van der Waals surface area (Å²) in [5.41, 5.74) is 0.942. The fourth-order valence-electron chi connectivity index (χ4n) is 5.58. The quantitative estimate of drug-likeness (QED) is 0.562. The highest BCUT2D eigenvalue weighted by Gasteiger charge is 2.51. The smallest absolute Gasteiger partial charge is 0.318 e. The van der Waals surface area contributed by atoms with Crippen LogP contribution in [0.5, 0.6) is 5.75 Å². The molecule has 0 radical (unpaired) electrons. The van der Waals surface area contributed by atoms with Crippen molar-refractivity contribution in [1.29, 1.82) is 0 Å². The van der Waals surface area contributed by atoms with E-state index in [0.29, 0.717) is 17.6 Å². The second kappa shape index (κ2) is 8.52. The van der Waals surface area contributed by atoms with Gasteiger partial charge in [-0.05, 0) is 75.4 Å². The van der Waals surface area contributed by atoms with Crippen molar-refractivity contribution in [3.63, 3.8) is 0 Å². The molecule has 0 spiro atoms. The van der Waals surface area contributed by atoms with E-state index in [1.54, 1.807) is 6.07 Å². The third-order valence-corrected chi connectivity index (χ3v) is 7.13. The van der Waals surface area contributed by atoms with Gasteiger partial charge in [0.1, 0.15) is 5.75 Å². The molecule has 4 nitrogen and oxygen atoms in total. The zero-order valence-electron chi connectivity index (χ0n) is 18.3. The van der Waals surface area contributed by atoms with Crippen LogP contribution in [0.3, 0.4) is 0 Å². The predicted molar refractivity (Wildman–Crippen MR) is 118 cm³/mol. The van der Waals surface area contributed by atoms with E-state index in [-0.39, 0.29) is 17.8 Å². The number of aliphatic hydroxyl groups is 1. The van der Waals surface area contributed by atoms with E-state index in [1.807, 2.05) is 55.5 Å². The SMILES string of the molecule is C[C@H](C(=O)Oc1cccc([C@@]2(O)C[C@@H]3CC[C@H](C3)[C@@H]2CN(C)C)c1)c1ccccc1. The van der Waals surface area contributed by atoms with Crippen LogP contribution in [-0.4, -0.2) is 36.6 Å². The summed E-state index contributed by atoms with van der Waals surface area (Å²) in [5, 5.41) is 11.9. The Balaban J connectivity index is 1.57. The molecule has 30 heavy (non-hydrogen) atoms. The number of benzene rings is 2. The highest BCUT2D eigenvalue weighted by atomic mass is 16.5. The maximum absolute atomic E-state index is 12.7. The van der Waals surface area contributed by atoms with Crippen LogP contribution in [0.15, 0.2) is 54.6 Å². The molecule has 1 N–H and O–H groups in total. The predicted octanol–water partition coefficient (Wildman–Crippen LogP) is 4.58. The summed E-state index contributed by atoms with van der Waals surface area (Å²) >= 11 is 0. The Hall–Kier alpha value is -2.17. The zero-order chi connectivity index (χ0) is 21.3. The number of carbonyl (C=O) groups excluding carboxylic acids is 1. The van der Waals surface area contributed by atoms with Gasteiger partial charge in [-0.25, -0.2) is 0 Å². The van der Waals surface area contributed by atoms with Gasteiger partial charge in [-0.2, -0.15) is 0 Å². The Kier molecular flexibility index (Phi) is 5.99. The van der Waals surface area contributed by atoms with Crippen molar-refractivity contribution < 1.29 is 14.6 Å². The molecule has 5 atom stereocenters. The minimum Gasteiger partial charge on any atom is -0.426 e. The van der Waals surface area contributed by atoms with Gasteiger partial charge in [-0.1, -0.05) is 48.9 Å². The van der Waals surface area contributed by atoms with E-state index < -0.39 is 5.60 Å². The average Bonchev–Trinajstić information content (AvgIpc) is 3.14. The number of ether oxygens (including phenoxy) is 1. The topological polar surface area (TPSA) is 49.8 Å². The third-order valence-electron chi connectivity index (χ3n) is 7.13. The summed E-state index contributed by atoms with van der Waals surface area (Å²) in [6.07, 6.45) is 4.43. The van der Waals surface area contributed by atoms with Crippen molar-refractivity contribution in [2.24, 2.45) is 17.8 Å². The molecule has 2 saturated carbocycles. The van der Waals surface area contributed by atoms with Crippen LogP contribution >= 0.6 is 0 Å². The first-order chi connectivity index (χ1) is 14.4. The molecule has 2 aromatic carbocycles. The number of rotatable bonds is 6. The number of esters is 1. The van der Waals surface area contributed by atoms with Crippen molar-refractivity contribution in [2.75, 3.05) is 20.6 Å². The Labute approximate surface area is 179 Å². The molecule has 160 valence electrons. The Morgan fingerprint density at radius 2 is 1.93 bits per heavy atom. The van der Waals surface area contributed by atoms with Gasteiger partial charge in [0, 0.05) is 12.5 Å². The highest BCUT2D eigenvalue weighted by Crippen LogP contribution is 2.54. The van der Waals surface area contributed by atoms with Gasteiger partial charge < -0.3 is 14.7 Å². The second-order valence-electron chi connectivity index (χ2n) is 9.52. The summed E-state index contributed by atoms with van der Waals surface area (Å²) in [6, 6.07) is 17.2. The van der Waals surface area contributed by atoms with Crippen LogP contribution in [0.1, 0.15) is 49.7 Å². The number of hydrogen-bond acceptors (Lipinski definition) is 4. The molecule has 4 heteroatoms. The lowest BCUT2D eigenvalue weighted by molar-refractivity contribution is -0.135. The monoisotopic (exact) mass is 407 g/mol. The summed E-state index contributed by atoms with van der Waals surface area (Å²) in [4.78, 5) is 14.9. The molecule has 2 fully saturated rings. The van der Waals surface area contributed by atoms with E-state index in [1.165, 1.54) is 19.3 Å². The minimum atomic E-state index is -0.873. The molecule has 0 aromatic heterocycles. The largest absolute Gasteiger partial charge is 0.426 e. The maximum Gasteiger partial charge on any atom is 0.318 e. The molecule has 0 saturated heterocycles. The average molecular weight is 408 g/mol. The van der Waals surface area contributed by atoms with Crippen molar-refractivity contribution in [3.8, 4) is 5.75 Å². The van der Waals surface area contributed by atoms with Crippen molar-refractivity contribution in [2.45, 2.75) is 44.1 Å². The normalized spacial score (nSPS) is 29.0. The van der Waals surface area contributed by atoms with Gasteiger partial charge in [0.05, 0.1) is 11.5 Å². The van der Waals surface area contributed by atoms with Crippen LogP contribution in [-0.2, 0) is 10.4 Å². The lowest BCUT2D eigenvalue weighted by atomic mass is 9.66. The van der Waals surface area contributed by atoms with Crippen molar-refractivity contribution >= 4 is 5.97 Å². The Morgan fingerprint density at radius 3 is 2.67 bits per heavy atom. The van der Waals surface area contributed by atoms with Crippen molar-refractivity contribution in [1.82, 2.24) is 4.90 Å². The van der Waals surface area contributed by atoms with Gasteiger partial charge >= 0.3 is 5.97 Å². The Morgan fingerprint density at radius 1 is 1.17 bits per heavy atom.